The van der Waals surface area contributed by atoms with Crippen LogP contribution in [0.15, 0.2) is 12.1 Å². The third-order valence-corrected chi connectivity index (χ3v) is 2.21. The summed E-state index contributed by atoms with van der Waals surface area (Å²) in [6, 6.07) is 2.00. The second-order valence-corrected chi connectivity index (χ2v) is 3.45. The molecule has 0 saturated heterocycles. The molecule has 0 heterocycles. The number of rotatable bonds is 3. The third kappa shape index (κ3) is 2.48. The van der Waals surface area contributed by atoms with Crippen LogP contribution in [0.25, 0.3) is 0 Å². The summed E-state index contributed by atoms with van der Waals surface area (Å²) in [7, 11) is 0. The van der Waals surface area contributed by atoms with Crippen LogP contribution in [0, 0.1) is 11.6 Å². The quantitative estimate of drug-likeness (QED) is 0.640. The Balaban J connectivity index is 3.03. The van der Waals surface area contributed by atoms with E-state index in [4.69, 9.17) is 10.5 Å². The molecule has 2 N–H and O–H groups in total. The van der Waals surface area contributed by atoms with E-state index in [9.17, 15) is 13.6 Å². The summed E-state index contributed by atoms with van der Waals surface area (Å²) in [6.07, 6.45) is 0.171. The van der Waals surface area contributed by atoms with Crippen LogP contribution in [-0.2, 0) is 4.74 Å². The Hall–Kier alpha value is -1.65. The maximum absolute atomic E-state index is 13.4. The number of ether oxygens (including phenoxy) is 1. The second-order valence-electron chi connectivity index (χ2n) is 3.45. The SMILES string of the molecule is CCC(C)OC(=O)c1c(F)ccc(N)c1F. The molecule has 1 atom stereocenters. The van der Waals surface area contributed by atoms with Gasteiger partial charge in [-0.3, -0.25) is 0 Å². The van der Waals surface area contributed by atoms with Crippen molar-refractivity contribution in [2.45, 2.75) is 26.4 Å². The van der Waals surface area contributed by atoms with Crippen molar-refractivity contribution in [3.05, 3.63) is 29.3 Å². The summed E-state index contributed by atoms with van der Waals surface area (Å²) in [5.41, 5.74) is 4.23. The number of nitrogen functional groups attached to an aromatic ring is 1. The molecular weight excluding hydrogens is 216 g/mol. The molecule has 0 aliphatic rings. The Labute approximate surface area is 92.2 Å². The molecule has 1 unspecified atom stereocenters. The minimum atomic E-state index is -1.08. The van der Waals surface area contributed by atoms with Crippen molar-refractivity contribution in [3.63, 3.8) is 0 Å². The first kappa shape index (κ1) is 12.4. The lowest BCUT2D eigenvalue weighted by Gasteiger charge is -2.12. The van der Waals surface area contributed by atoms with Crippen LogP contribution in [-0.4, -0.2) is 12.1 Å². The molecule has 0 aliphatic carbocycles. The first-order chi connectivity index (χ1) is 7.47. The smallest absolute Gasteiger partial charge is 0.344 e. The zero-order valence-electron chi connectivity index (χ0n) is 9.09. The van der Waals surface area contributed by atoms with Crippen LogP contribution in [0.4, 0.5) is 14.5 Å². The van der Waals surface area contributed by atoms with Crippen molar-refractivity contribution in [1.29, 1.82) is 0 Å². The largest absolute Gasteiger partial charge is 0.459 e. The van der Waals surface area contributed by atoms with Crippen LogP contribution in [0.1, 0.15) is 30.6 Å². The zero-order valence-corrected chi connectivity index (χ0v) is 9.09. The molecule has 1 rings (SSSR count). The third-order valence-electron chi connectivity index (χ3n) is 2.21. The lowest BCUT2D eigenvalue weighted by molar-refractivity contribution is 0.0323. The minimum absolute atomic E-state index is 0.280. The average molecular weight is 229 g/mol. The average Bonchev–Trinajstić information content (AvgIpc) is 2.24. The van der Waals surface area contributed by atoms with E-state index in [-0.39, 0.29) is 5.69 Å². The van der Waals surface area contributed by atoms with Crippen LogP contribution in [0.3, 0.4) is 0 Å². The van der Waals surface area contributed by atoms with E-state index in [1.54, 1.807) is 13.8 Å². The van der Waals surface area contributed by atoms with E-state index >= 15 is 0 Å². The van der Waals surface area contributed by atoms with E-state index < -0.39 is 29.3 Å². The number of halogens is 2. The Morgan fingerprint density at radius 3 is 2.69 bits per heavy atom. The Bertz CT molecular complexity index is 407. The normalized spacial score (nSPS) is 12.2. The molecular formula is C11H13F2NO2. The highest BCUT2D eigenvalue weighted by molar-refractivity contribution is 5.91. The number of esters is 1. The lowest BCUT2D eigenvalue weighted by atomic mass is 10.1. The van der Waals surface area contributed by atoms with Gasteiger partial charge in [-0.25, -0.2) is 13.6 Å². The van der Waals surface area contributed by atoms with Gasteiger partial charge in [0, 0.05) is 0 Å². The molecule has 0 aromatic heterocycles. The molecule has 0 fully saturated rings. The van der Waals surface area contributed by atoms with Gasteiger partial charge in [0.15, 0.2) is 5.82 Å². The van der Waals surface area contributed by atoms with Gasteiger partial charge in [0.25, 0.3) is 0 Å². The van der Waals surface area contributed by atoms with E-state index in [0.29, 0.717) is 6.42 Å². The second kappa shape index (κ2) is 4.92. The van der Waals surface area contributed by atoms with Gasteiger partial charge < -0.3 is 10.5 Å². The standard InChI is InChI=1S/C11H13F2NO2/c1-3-6(2)16-11(15)9-7(12)4-5-8(14)10(9)13/h4-6H,3,14H2,1-2H3. The van der Waals surface area contributed by atoms with Crippen molar-refractivity contribution in [3.8, 4) is 0 Å². The summed E-state index contributed by atoms with van der Waals surface area (Å²) in [6.45, 7) is 3.43. The molecule has 3 nitrogen and oxygen atoms in total. The fourth-order valence-electron chi connectivity index (χ4n) is 1.08. The molecule has 0 saturated carbocycles. The molecule has 0 aliphatic heterocycles. The van der Waals surface area contributed by atoms with Gasteiger partial charge in [-0.1, -0.05) is 6.92 Å². The summed E-state index contributed by atoms with van der Waals surface area (Å²) < 4.78 is 31.5. The van der Waals surface area contributed by atoms with Crippen molar-refractivity contribution in [1.82, 2.24) is 0 Å². The summed E-state index contributed by atoms with van der Waals surface area (Å²) in [5.74, 6) is -3.08. The maximum atomic E-state index is 13.4. The van der Waals surface area contributed by atoms with E-state index in [0.717, 1.165) is 12.1 Å². The fourth-order valence-corrected chi connectivity index (χ4v) is 1.08. The van der Waals surface area contributed by atoms with Crippen LogP contribution >= 0.6 is 0 Å². The highest BCUT2D eigenvalue weighted by atomic mass is 19.1. The molecule has 5 heteroatoms. The van der Waals surface area contributed by atoms with Gasteiger partial charge in [-0.15, -0.1) is 0 Å². The number of carbonyl (C=O) groups excluding carboxylic acids is 1. The molecule has 1 aromatic rings. The van der Waals surface area contributed by atoms with Crippen molar-refractivity contribution in [2.75, 3.05) is 5.73 Å². The van der Waals surface area contributed by atoms with Crippen LogP contribution in [0.5, 0.6) is 0 Å². The molecule has 0 bridgehead atoms. The fraction of sp³-hybridized carbons (Fsp3) is 0.364. The van der Waals surface area contributed by atoms with E-state index in [1.807, 2.05) is 0 Å². The van der Waals surface area contributed by atoms with Crippen molar-refractivity contribution < 1.29 is 18.3 Å². The van der Waals surface area contributed by atoms with Crippen LogP contribution in [0.2, 0.25) is 0 Å². The number of nitrogens with two attached hydrogens (primary N) is 1. The van der Waals surface area contributed by atoms with Gasteiger partial charge in [-0.05, 0) is 25.5 Å². The van der Waals surface area contributed by atoms with Crippen molar-refractivity contribution in [2.24, 2.45) is 0 Å². The minimum Gasteiger partial charge on any atom is -0.459 e. The summed E-state index contributed by atoms with van der Waals surface area (Å²) in [4.78, 5) is 11.5. The first-order valence-corrected chi connectivity index (χ1v) is 4.91. The Morgan fingerprint density at radius 2 is 2.12 bits per heavy atom. The highest BCUT2D eigenvalue weighted by Gasteiger charge is 2.22. The maximum Gasteiger partial charge on any atom is 0.344 e. The molecule has 0 spiro atoms. The molecule has 0 radical (unpaired) electrons. The number of hydrogen-bond donors (Lipinski definition) is 1. The number of benzene rings is 1. The van der Waals surface area contributed by atoms with Crippen LogP contribution < -0.4 is 5.73 Å². The zero-order chi connectivity index (χ0) is 12.3. The lowest BCUT2D eigenvalue weighted by Crippen LogP contribution is -2.17. The highest BCUT2D eigenvalue weighted by Crippen LogP contribution is 2.20. The summed E-state index contributed by atoms with van der Waals surface area (Å²) in [5, 5.41) is 0. The molecule has 88 valence electrons. The first-order valence-electron chi connectivity index (χ1n) is 4.91. The van der Waals surface area contributed by atoms with Gasteiger partial charge >= 0.3 is 5.97 Å². The number of carbonyl (C=O) groups is 1. The molecule has 0 amide bonds. The van der Waals surface area contributed by atoms with E-state index in [2.05, 4.69) is 0 Å². The van der Waals surface area contributed by atoms with Gasteiger partial charge in [-0.2, -0.15) is 0 Å². The molecule has 16 heavy (non-hydrogen) atoms. The van der Waals surface area contributed by atoms with E-state index in [1.165, 1.54) is 0 Å². The van der Waals surface area contributed by atoms with Gasteiger partial charge in [0.1, 0.15) is 11.4 Å². The predicted octanol–water partition coefficient (Wildman–Crippen LogP) is 2.50. The van der Waals surface area contributed by atoms with Gasteiger partial charge in [0.2, 0.25) is 0 Å². The number of anilines is 1. The number of hydrogen-bond acceptors (Lipinski definition) is 3. The molecule has 1 aromatic carbocycles. The predicted molar refractivity (Wildman–Crippen MR) is 55.9 cm³/mol. The topological polar surface area (TPSA) is 52.3 Å². The Kier molecular flexibility index (Phi) is 3.82. The monoisotopic (exact) mass is 229 g/mol. The van der Waals surface area contributed by atoms with Gasteiger partial charge in [0.05, 0.1) is 11.8 Å². The van der Waals surface area contributed by atoms with Crippen molar-refractivity contribution >= 4 is 11.7 Å². The summed E-state index contributed by atoms with van der Waals surface area (Å²) >= 11 is 0. The Morgan fingerprint density at radius 1 is 1.50 bits per heavy atom.